The quantitative estimate of drug-likeness (QED) is 0.273. The number of hydrogen-bond donors (Lipinski definition) is 0. The van der Waals surface area contributed by atoms with E-state index in [1.807, 2.05) is 36.8 Å². The lowest BCUT2D eigenvalue weighted by atomic mass is 9.91. The van der Waals surface area contributed by atoms with Gasteiger partial charge in [-0.05, 0) is 64.4 Å². The van der Waals surface area contributed by atoms with Crippen LogP contribution in [-0.2, 0) is 9.47 Å². The molecule has 1 aliphatic heterocycles. The summed E-state index contributed by atoms with van der Waals surface area (Å²) in [5.41, 5.74) is 6.29. The number of rotatable bonds is 4. The number of aromatic nitrogens is 3. The van der Waals surface area contributed by atoms with Gasteiger partial charge in [-0.2, -0.15) is 0 Å². The van der Waals surface area contributed by atoms with Crippen molar-refractivity contribution in [3.05, 3.63) is 90.7 Å². The first-order valence-electron chi connectivity index (χ1n) is 12.4. The van der Waals surface area contributed by atoms with Gasteiger partial charge >= 0.3 is 5.97 Å². The van der Waals surface area contributed by atoms with Crippen LogP contribution in [0.1, 0.15) is 34.2 Å². The third-order valence-corrected chi connectivity index (χ3v) is 6.96. The summed E-state index contributed by atoms with van der Waals surface area (Å²) in [5, 5.41) is 4.05. The minimum atomic E-state index is -0.476. The zero-order valence-electron chi connectivity index (χ0n) is 21.1. The zero-order valence-corrected chi connectivity index (χ0v) is 21.1. The van der Waals surface area contributed by atoms with E-state index in [2.05, 4.69) is 35.3 Å². The summed E-state index contributed by atoms with van der Waals surface area (Å²) in [7, 11) is 1.33. The maximum absolute atomic E-state index is 12.2. The second-order valence-corrected chi connectivity index (χ2v) is 9.29. The number of esters is 1. The number of nitrogens with zero attached hydrogens (tertiary/aromatic N) is 3. The molecule has 0 unspecified atom stereocenters. The summed E-state index contributed by atoms with van der Waals surface area (Å²) in [6, 6.07) is 16.0. The Kier molecular flexibility index (Phi) is 6.05. The van der Waals surface area contributed by atoms with Crippen molar-refractivity contribution in [3.63, 3.8) is 0 Å². The van der Waals surface area contributed by atoms with Crippen LogP contribution in [0, 0.1) is 0 Å². The van der Waals surface area contributed by atoms with E-state index in [-0.39, 0.29) is 11.6 Å². The molecule has 188 valence electrons. The Morgan fingerprint density at radius 3 is 2.55 bits per heavy atom. The zero-order chi connectivity index (χ0) is 26.2. The van der Waals surface area contributed by atoms with E-state index in [9.17, 15) is 9.59 Å². The molecule has 0 spiro atoms. The molecule has 1 aliphatic rings. The molecule has 7 heteroatoms. The van der Waals surface area contributed by atoms with Gasteiger partial charge in [0, 0.05) is 53.4 Å². The SMILES string of the molecule is COC(=O)c1ccc(-c2cc3cccc(-c4cc(C5=CCOCC5)cc5cn(C(C)=O)cc45)c3cn2)cn1. The predicted molar refractivity (Wildman–Crippen MR) is 147 cm³/mol. The summed E-state index contributed by atoms with van der Waals surface area (Å²) in [5.74, 6) is -0.508. The number of carbonyl (C=O) groups excluding carboxylic acids is 2. The van der Waals surface area contributed by atoms with Crippen molar-refractivity contribution in [3.8, 4) is 22.4 Å². The summed E-state index contributed by atoms with van der Waals surface area (Å²) < 4.78 is 11.9. The molecule has 5 aromatic rings. The monoisotopic (exact) mass is 503 g/mol. The average molecular weight is 504 g/mol. The lowest BCUT2D eigenvalue weighted by Crippen LogP contribution is -2.03. The standard InChI is InChI=1S/C31H25N3O4/c1-19(35)34-17-24-12-23(20-8-10-38-11-9-20)13-26(28(24)18-34)25-5-3-4-21-14-30(33-16-27(21)25)22-6-7-29(32-15-22)31(36)37-2/h3-8,12-18H,9-11H2,1-2H3. The van der Waals surface area contributed by atoms with E-state index in [1.165, 1.54) is 12.7 Å². The average Bonchev–Trinajstić information content (AvgIpc) is 3.41. The van der Waals surface area contributed by atoms with Crippen molar-refractivity contribution in [1.82, 2.24) is 14.5 Å². The van der Waals surface area contributed by atoms with E-state index in [0.29, 0.717) is 13.2 Å². The molecular formula is C31H25N3O4. The van der Waals surface area contributed by atoms with Gasteiger partial charge in [0.1, 0.15) is 5.69 Å². The van der Waals surface area contributed by atoms with E-state index < -0.39 is 5.97 Å². The molecule has 0 saturated heterocycles. The molecule has 0 amide bonds. The van der Waals surface area contributed by atoms with Crippen LogP contribution in [0.2, 0.25) is 0 Å². The maximum Gasteiger partial charge on any atom is 0.356 e. The first-order chi connectivity index (χ1) is 18.5. The van der Waals surface area contributed by atoms with Gasteiger partial charge in [0.05, 0.1) is 26.0 Å². The molecule has 6 rings (SSSR count). The Balaban J connectivity index is 1.49. The topological polar surface area (TPSA) is 83.3 Å². The Bertz CT molecular complexity index is 1750. The Hall–Kier alpha value is -4.62. The van der Waals surface area contributed by atoms with Gasteiger partial charge in [-0.1, -0.05) is 24.3 Å². The molecule has 38 heavy (non-hydrogen) atoms. The molecule has 0 atom stereocenters. The lowest BCUT2D eigenvalue weighted by Gasteiger charge is -2.16. The number of benzene rings is 2. The fourth-order valence-corrected chi connectivity index (χ4v) is 4.97. The molecule has 4 heterocycles. The van der Waals surface area contributed by atoms with Gasteiger partial charge in [-0.15, -0.1) is 0 Å². The van der Waals surface area contributed by atoms with Gasteiger partial charge in [0.2, 0.25) is 5.91 Å². The number of carbonyl (C=O) groups is 2. The van der Waals surface area contributed by atoms with E-state index >= 15 is 0 Å². The molecule has 0 N–H and O–H groups in total. The molecule has 0 radical (unpaired) electrons. The maximum atomic E-state index is 12.2. The van der Waals surface area contributed by atoms with Crippen molar-refractivity contribution in [2.45, 2.75) is 13.3 Å². The number of ether oxygens (including phenoxy) is 2. The molecule has 0 fully saturated rings. The normalized spacial score (nSPS) is 13.5. The molecule has 2 aromatic carbocycles. The second-order valence-electron chi connectivity index (χ2n) is 9.29. The molecule has 0 bridgehead atoms. The molecule has 0 aliphatic carbocycles. The van der Waals surface area contributed by atoms with Crippen LogP contribution in [0.4, 0.5) is 0 Å². The minimum absolute atomic E-state index is 0.0324. The smallest absolute Gasteiger partial charge is 0.356 e. The van der Waals surface area contributed by atoms with Gasteiger partial charge in [-0.3, -0.25) is 14.3 Å². The molecule has 3 aromatic heterocycles. The van der Waals surface area contributed by atoms with Gasteiger partial charge < -0.3 is 9.47 Å². The number of hydrogen-bond acceptors (Lipinski definition) is 6. The molecular weight excluding hydrogens is 478 g/mol. The predicted octanol–water partition coefficient (Wildman–Crippen LogP) is 6.17. The summed E-state index contributed by atoms with van der Waals surface area (Å²) in [6.45, 7) is 2.87. The van der Waals surface area contributed by atoms with Gasteiger partial charge in [0.15, 0.2) is 0 Å². The van der Waals surface area contributed by atoms with Crippen LogP contribution in [0.15, 0.2) is 79.4 Å². The largest absolute Gasteiger partial charge is 0.464 e. The number of fused-ring (bicyclic) bond motifs is 2. The fraction of sp³-hybridized carbons (Fsp3) is 0.161. The second kappa shape index (κ2) is 9.68. The third-order valence-electron chi connectivity index (χ3n) is 6.96. The number of pyridine rings is 2. The Morgan fingerprint density at radius 1 is 0.921 bits per heavy atom. The third kappa shape index (κ3) is 4.27. The van der Waals surface area contributed by atoms with Crippen LogP contribution in [0.25, 0.3) is 49.5 Å². The highest BCUT2D eigenvalue weighted by atomic mass is 16.5. The van der Waals surface area contributed by atoms with E-state index in [0.717, 1.165) is 55.9 Å². The van der Waals surface area contributed by atoms with Crippen LogP contribution >= 0.6 is 0 Å². The van der Waals surface area contributed by atoms with Crippen LogP contribution in [0.5, 0.6) is 0 Å². The Labute approximate surface area is 219 Å². The summed E-state index contributed by atoms with van der Waals surface area (Å²) in [6.07, 6.45) is 10.3. The molecule has 0 saturated carbocycles. The molecule has 7 nitrogen and oxygen atoms in total. The van der Waals surface area contributed by atoms with Crippen molar-refractivity contribution in [1.29, 1.82) is 0 Å². The van der Waals surface area contributed by atoms with Crippen molar-refractivity contribution >= 4 is 39.0 Å². The first kappa shape index (κ1) is 23.8. The first-order valence-corrected chi connectivity index (χ1v) is 12.4. The van der Waals surface area contributed by atoms with Crippen LogP contribution in [0.3, 0.4) is 0 Å². The Morgan fingerprint density at radius 2 is 1.82 bits per heavy atom. The lowest BCUT2D eigenvalue weighted by molar-refractivity contribution is 0.0594. The van der Waals surface area contributed by atoms with Crippen molar-refractivity contribution < 1.29 is 19.1 Å². The fourth-order valence-electron chi connectivity index (χ4n) is 4.97. The highest BCUT2D eigenvalue weighted by Gasteiger charge is 2.16. The number of methoxy groups -OCH3 is 1. The summed E-state index contributed by atoms with van der Waals surface area (Å²) >= 11 is 0. The minimum Gasteiger partial charge on any atom is -0.464 e. The van der Waals surface area contributed by atoms with Crippen molar-refractivity contribution in [2.75, 3.05) is 20.3 Å². The van der Waals surface area contributed by atoms with Crippen LogP contribution in [-0.4, -0.2) is 46.7 Å². The van der Waals surface area contributed by atoms with Crippen molar-refractivity contribution in [2.24, 2.45) is 0 Å². The van der Waals surface area contributed by atoms with E-state index in [1.54, 1.807) is 23.8 Å². The highest BCUT2D eigenvalue weighted by Crippen LogP contribution is 2.38. The summed E-state index contributed by atoms with van der Waals surface area (Å²) in [4.78, 5) is 32.9. The highest BCUT2D eigenvalue weighted by molar-refractivity contribution is 6.07. The van der Waals surface area contributed by atoms with Gasteiger partial charge in [0.25, 0.3) is 0 Å². The van der Waals surface area contributed by atoms with Gasteiger partial charge in [-0.25, -0.2) is 9.78 Å². The van der Waals surface area contributed by atoms with E-state index in [4.69, 9.17) is 14.5 Å². The van der Waals surface area contributed by atoms with Crippen LogP contribution < -0.4 is 0 Å².